The van der Waals surface area contributed by atoms with E-state index in [-0.39, 0.29) is 12.1 Å². The lowest BCUT2D eigenvalue weighted by atomic mass is 10.0. The van der Waals surface area contributed by atoms with Gasteiger partial charge in [-0.25, -0.2) is 4.39 Å². The number of nitrogens with one attached hydrogen (secondary N) is 1. The van der Waals surface area contributed by atoms with Crippen LogP contribution in [0.3, 0.4) is 0 Å². The maximum atomic E-state index is 13.1. The molecule has 1 saturated heterocycles. The van der Waals surface area contributed by atoms with Crippen LogP contribution < -0.4 is 10.2 Å². The lowest BCUT2D eigenvalue weighted by molar-refractivity contribution is 0.0615. The molecule has 1 aromatic rings. The second-order valence-corrected chi connectivity index (χ2v) is 6.19. The maximum Gasteiger partial charge on any atom is 0.108 e. The van der Waals surface area contributed by atoms with Crippen molar-refractivity contribution in [3.05, 3.63) is 29.8 Å². The van der Waals surface area contributed by atoms with Crippen LogP contribution in [-0.2, 0) is 4.74 Å². The third kappa shape index (κ3) is 6.24. The van der Waals surface area contributed by atoms with Gasteiger partial charge in [-0.1, -0.05) is 46.8 Å². The zero-order chi connectivity index (χ0) is 20.1. The van der Waals surface area contributed by atoms with Gasteiger partial charge in [0.05, 0.1) is 12.1 Å². The van der Waals surface area contributed by atoms with Crippen LogP contribution in [0.5, 0.6) is 0 Å². The average Bonchev–Trinajstić information content (AvgIpc) is 3.10. The van der Waals surface area contributed by atoms with Crippen LogP contribution in [0.15, 0.2) is 24.3 Å². The van der Waals surface area contributed by atoms with Crippen molar-refractivity contribution in [3.8, 4) is 0 Å². The van der Waals surface area contributed by atoms with Gasteiger partial charge in [0, 0.05) is 24.9 Å². The third-order valence-corrected chi connectivity index (χ3v) is 4.93. The number of ether oxygens (including phenoxy) is 1. The van der Waals surface area contributed by atoms with Gasteiger partial charge in [0.15, 0.2) is 0 Å². The minimum absolute atomic E-state index is 0.262. The van der Waals surface area contributed by atoms with Crippen molar-refractivity contribution in [1.82, 2.24) is 5.32 Å². The fraction of sp³-hybridized carbons (Fsp3) is 0.727. The van der Waals surface area contributed by atoms with Gasteiger partial charge in [-0.15, -0.1) is 0 Å². The first-order valence-electron chi connectivity index (χ1n) is 10.3. The minimum atomic E-state index is -0.447. The summed E-state index contributed by atoms with van der Waals surface area (Å²) in [7, 11) is 3.40. The van der Waals surface area contributed by atoms with Gasteiger partial charge in [-0.05, 0) is 50.9 Å². The molecule has 1 aliphatic heterocycles. The van der Waals surface area contributed by atoms with Gasteiger partial charge in [-0.2, -0.15) is 0 Å². The fourth-order valence-corrected chi connectivity index (χ4v) is 3.62. The van der Waals surface area contributed by atoms with Gasteiger partial charge in [0.25, 0.3) is 0 Å². The number of rotatable bonds is 7. The number of alkyl halides is 1. The van der Waals surface area contributed by atoms with Crippen LogP contribution in [-0.4, -0.2) is 39.0 Å². The Morgan fingerprint density at radius 3 is 2.15 bits per heavy atom. The Morgan fingerprint density at radius 2 is 1.73 bits per heavy atom. The quantitative estimate of drug-likeness (QED) is 0.663. The van der Waals surface area contributed by atoms with Crippen molar-refractivity contribution in [1.29, 1.82) is 0 Å². The monoisotopic (exact) mass is 368 g/mol. The molecule has 0 bridgehead atoms. The van der Waals surface area contributed by atoms with Crippen LogP contribution in [0.4, 0.5) is 10.1 Å². The molecule has 26 heavy (non-hydrogen) atoms. The zero-order valence-corrected chi connectivity index (χ0v) is 18.2. The molecule has 2 rings (SSSR count). The van der Waals surface area contributed by atoms with Crippen LogP contribution in [0.1, 0.15) is 72.5 Å². The summed E-state index contributed by atoms with van der Waals surface area (Å²) in [5.41, 5.74) is 2.28. The van der Waals surface area contributed by atoms with E-state index in [9.17, 15) is 4.39 Å². The number of hydrogen-bond acceptors (Lipinski definition) is 3. The summed E-state index contributed by atoms with van der Waals surface area (Å²) in [6.45, 7) is 12.1. The number of methoxy groups -OCH3 is 1. The predicted molar refractivity (Wildman–Crippen MR) is 113 cm³/mol. The second kappa shape index (κ2) is 14.0. The summed E-state index contributed by atoms with van der Waals surface area (Å²) >= 11 is 0. The van der Waals surface area contributed by atoms with Crippen molar-refractivity contribution >= 4 is 5.69 Å². The Balaban J connectivity index is 0.00000146. The molecule has 152 valence electrons. The van der Waals surface area contributed by atoms with Crippen molar-refractivity contribution in [3.63, 3.8) is 0 Å². The molecule has 3 nitrogen and oxygen atoms in total. The van der Waals surface area contributed by atoms with Crippen LogP contribution in [0.25, 0.3) is 0 Å². The molecule has 4 unspecified atom stereocenters. The van der Waals surface area contributed by atoms with Gasteiger partial charge >= 0.3 is 0 Å². The largest absolute Gasteiger partial charge is 0.375 e. The zero-order valence-electron chi connectivity index (χ0n) is 18.2. The summed E-state index contributed by atoms with van der Waals surface area (Å²) in [6.07, 6.45) is 3.44. The third-order valence-electron chi connectivity index (χ3n) is 4.93. The van der Waals surface area contributed by atoms with Gasteiger partial charge in [-0.3, -0.25) is 0 Å². The van der Waals surface area contributed by atoms with E-state index in [0.717, 1.165) is 5.56 Å². The van der Waals surface area contributed by atoms with Gasteiger partial charge < -0.3 is 15.0 Å². The lowest BCUT2D eigenvalue weighted by Crippen LogP contribution is -2.35. The normalized spacial score (nSPS) is 21.2. The Hall–Kier alpha value is -1.13. The topological polar surface area (TPSA) is 24.5 Å². The first-order valence-corrected chi connectivity index (χ1v) is 10.3. The Labute approximate surface area is 161 Å². The Bertz CT molecular complexity index is 448. The lowest BCUT2D eigenvalue weighted by Gasteiger charge is -2.31. The molecule has 4 atom stereocenters. The molecule has 0 radical (unpaired) electrons. The molecule has 1 heterocycles. The highest BCUT2D eigenvalue weighted by molar-refractivity contribution is 5.51. The van der Waals surface area contributed by atoms with Gasteiger partial charge in [0.2, 0.25) is 0 Å². The van der Waals surface area contributed by atoms with E-state index in [1.165, 1.54) is 24.9 Å². The summed E-state index contributed by atoms with van der Waals surface area (Å²) in [4.78, 5) is 2.52. The molecule has 0 aliphatic carbocycles. The van der Waals surface area contributed by atoms with Crippen LogP contribution in [0, 0.1) is 0 Å². The van der Waals surface area contributed by atoms with Crippen molar-refractivity contribution in [2.45, 2.75) is 85.0 Å². The van der Waals surface area contributed by atoms with Crippen molar-refractivity contribution < 1.29 is 9.13 Å². The standard InChI is InChI=1S/C18H29FN2O.2C2H6/c1-5-15-9-6-13(2)21(15)16-10-7-14(8-11-16)18(22-4)17(12-19)20-3;2*1-2/h7-8,10-11,13,15,17-18,20H,5-6,9,12H2,1-4H3;2*1-2H3. The summed E-state index contributed by atoms with van der Waals surface area (Å²) in [5, 5.41) is 2.98. The van der Waals surface area contributed by atoms with Crippen molar-refractivity contribution in [2.24, 2.45) is 0 Å². The second-order valence-electron chi connectivity index (χ2n) is 6.19. The molecule has 1 fully saturated rings. The SMILES string of the molecule is CC.CC.CCC1CCC(C)N1c1ccc(C(OC)C(CF)NC)cc1. The summed E-state index contributed by atoms with van der Waals surface area (Å²) in [6, 6.07) is 9.35. The molecular formula is C22H41FN2O. The molecule has 0 amide bonds. The van der Waals surface area contributed by atoms with Crippen molar-refractivity contribution in [2.75, 3.05) is 25.7 Å². The highest BCUT2D eigenvalue weighted by Crippen LogP contribution is 2.33. The fourth-order valence-electron chi connectivity index (χ4n) is 3.62. The minimum Gasteiger partial charge on any atom is -0.375 e. The molecule has 0 saturated carbocycles. The van der Waals surface area contributed by atoms with E-state index in [2.05, 4.69) is 48.3 Å². The molecule has 4 heteroatoms. The summed E-state index contributed by atoms with van der Waals surface area (Å²) < 4.78 is 18.6. The number of halogens is 1. The number of hydrogen-bond donors (Lipinski definition) is 1. The number of anilines is 1. The van der Waals surface area contributed by atoms with E-state index in [0.29, 0.717) is 12.1 Å². The smallest absolute Gasteiger partial charge is 0.108 e. The first-order chi connectivity index (χ1) is 12.7. The van der Waals surface area contributed by atoms with E-state index in [1.54, 1.807) is 14.2 Å². The number of benzene rings is 1. The average molecular weight is 369 g/mol. The van der Waals surface area contributed by atoms with E-state index < -0.39 is 6.67 Å². The van der Waals surface area contributed by atoms with Crippen LogP contribution >= 0.6 is 0 Å². The van der Waals surface area contributed by atoms with Gasteiger partial charge in [0.1, 0.15) is 6.67 Å². The van der Waals surface area contributed by atoms with Crippen LogP contribution in [0.2, 0.25) is 0 Å². The molecule has 1 aliphatic rings. The Kier molecular flexibility index (Phi) is 13.4. The molecule has 0 spiro atoms. The molecule has 1 N–H and O–H groups in total. The molecule has 0 aromatic heterocycles. The highest BCUT2D eigenvalue weighted by atomic mass is 19.1. The number of nitrogens with zero attached hydrogens (tertiary/aromatic N) is 1. The van der Waals surface area contributed by atoms with E-state index in [1.807, 2.05) is 27.7 Å². The molecular weight excluding hydrogens is 327 g/mol. The Morgan fingerprint density at radius 1 is 1.15 bits per heavy atom. The predicted octanol–water partition coefficient (Wildman–Crippen LogP) is 5.75. The number of likely N-dealkylation sites (N-methyl/N-ethyl adjacent to an activating group) is 1. The first kappa shape index (κ1) is 24.9. The van der Waals surface area contributed by atoms with E-state index >= 15 is 0 Å². The molecule has 1 aromatic carbocycles. The van der Waals surface area contributed by atoms with E-state index in [4.69, 9.17) is 4.74 Å². The highest BCUT2D eigenvalue weighted by Gasteiger charge is 2.29. The maximum absolute atomic E-state index is 13.1. The summed E-state index contributed by atoms with van der Waals surface area (Å²) in [5.74, 6) is 0.